The molecule has 15 heavy (non-hydrogen) atoms. The zero-order valence-electron chi connectivity index (χ0n) is 9.58. The molecule has 1 fully saturated rings. The zero-order valence-corrected chi connectivity index (χ0v) is 9.58. The van der Waals surface area contributed by atoms with Gasteiger partial charge in [0.25, 0.3) is 0 Å². The van der Waals surface area contributed by atoms with Crippen LogP contribution >= 0.6 is 0 Å². The van der Waals surface area contributed by atoms with Gasteiger partial charge in [-0.25, -0.2) is 0 Å². The molecule has 1 heterocycles. The second-order valence-electron chi connectivity index (χ2n) is 4.20. The third kappa shape index (κ3) is 4.62. The molecule has 0 amide bonds. The first kappa shape index (κ1) is 12.5. The van der Waals surface area contributed by atoms with Crippen molar-refractivity contribution in [3.8, 4) is 0 Å². The maximum atomic E-state index is 10.9. The summed E-state index contributed by atoms with van der Waals surface area (Å²) in [7, 11) is 1.44. The van der Waals surface area contributed by atoms with E-state index >= 15 is 0 Å². The summed E-state index contributed by atoms with van der Waals surface area (Å²) in [4.78, 5) is 13.3. The van der Waals surface area contributed by atoms with E-state index in [1.165, 1.54) is 20.0 Å². The van der Waals surface area contributed by atoms with Crippen LogP contribution in [0.2, 0.25) is 0 Å². The van der Waals surface area contributed by atoms with Crippen LogP contribution in [0.3, 0.4) is 0 Å². The van der Waals surface area contributed by atoms with Crippen molar-refractivity contribution < 1.29 is 9.53 Å². The lowest BCUT2D eigenvalue weighted by Crippen LogP contribution is -2.36. The number of rotatable bonds is 5. The van der Waals surface area contributed by atoms with Gasteiger partial charge >= 0.3 is 5.97 Å². The molecule has 0 saturated carbocycles. The van der Waals surface area contributed by atoms with Crippen molar-refractivity contribution in [2.45, 2.75) is 25.7 Å². The molecule has 4 heteroatoms. The van der Waals surface area contributed by atoms with Crippen LogP contribution in [0.1, 0.15) is 25.7 Å². The van der Waals surface area contributed by atoms with Gasteiger partial charge in [0.05, 0.1) is 7.11 Å². The summed E-state index contributed by atoms with van der Waals surface area (Å²) in [5, 5.41) is 0. The van der Waals surface area contributed by atoms with E-state index in [0.29, 0.717) is 12.3 Å². The predicted molar refractivity (Wildman–Crippen MR) is 59.5 cm³/mol. The number of likely N-dealkylation sites (tertiary alicyclic amines) is 1. The van der Waals surface area contributed by atoms with Crippen molar-refractivity contribution in [2.24, 2.45) is 11.7 Å². The van der Waals surface area contributed by atoms with Crippen LogP contribution < -0.4 is 5.73 Å². The maximum absolute atomic E-state index is 10.9. The van der Waals surface area contributed by atoms with Gasteiger partial charge in [0.2, 0.25) is 0 Å². The SMILES string of the molecule is COC(=O)CCCN1CCC(CN)CC1. The van der Waals surface area contributed by atoms with Crippen molar-refractivity contribution in [2.75, 3.05) is 33.3 Å². The molecular formula is C11H22N2O2. The molecule has 0 aromatic carbocycles. The van der Waals surface area contributed by atoms with E-state index in [4.69, 9.17) is 5.73 Å². The molecule has 1 aliphatic rings. The van der Waals surface area contributed by atoms with Gasteiger partial charge in [-0.05, 0) is 51.4 Å². The number of carbonyl (C=O) groups is 1. The number of ether oxygens (including phenoxy) is 1. The van der Waals surface area contributed by atoms with Crippen LogP contribution in [-0.4, -0.2) is 44.2 Å². The van der Waals surface area contributed by atoms with E-state index in [1.54, 1.807) is 0 Å². The molecule has 1 saturated heterocycles. The molecule has 1 rings (SSSR count). The molecule has 0 aromatic rings. The summed E-state index contributed by atoms with van der Waals surface area (Å²) in [5.41, 5.74) is 5.63. The average Bonchev–Trinajstić information content (AvgIpc) is 2.29. The summed E-state index contributed by atoms with van der Waals surface area (Å²) >= 11 is 0. The molecule has 1 aliphatic heterocycles. The highest BCUT2D eigenvalue weighted by atomic mass is 16.5. The molecule has 0 bridgehead atoms. The molecule has 0 atom stereocenters. The van der Waals surface area contributed by atoms with Gasteiger partial charge in [0, 0.05) is 6.42 Å². The molecule has 0 unspecified atom stereocenters. The monoisotopic (exact) mass is 214 g/mol. The summed E-state index contributed by atoms with van der Waals surface area (Å²) in [6.45, 7) is 4.08. The van der Waals surface area contributed by atoms with Crippen molar-refractivity contribution in [1.82, 2.24) is 4.90 Å². The van der Waals surface area contributed by atoms with Gasteiger partial charge < -0.3 is 15.4 Å². The van der Waals surface area contributed by atoms with Crippen molar-refractivity contribution >= 4 is 5.97 Å². The topological polar surface area (TPSA) is 55.6 Å². The Labute approximate surface area is 91.8 Å². The molecule has 88 valence electrons. The number of hydrogen-bond donors (Lipinski definition) is 1. The molecule has 0 spiro atoms. The second kappa shape index (κ2) is 6.80. The van der Waals surface area contributed by atoms with E-state index in [1.807, 2.05) is 0 Å². The fraction of sp³-hybridized carbons (Fsp3) is 0.909. The number of carbonyl (C=O) groups excluding carboxylic acids is 1. The van der Waals surface area contributed by atoms with Crippen LogP contribution in [0.4, 0.5) is 0 Å². The Balaban J connectivity index is 2.06. The van der Waals surface area contributed by atoms with Crippen molar-refractivity contribution in [3.05, 3.63) is 0 Å². The highest BCUT2D eigenvalue weighted by molar-refractivity contribution is 5.69. The first-order valence-corrected chi connectivity index (χ1v) is 5.75. The number of piperidine rings is 1. The number of nitrogens with zero attached hydrogens (tertiary/aromatic N) is 1. The normalized spacial score (nSPS) is 19.1. The third-order valence-corrected chi connectivity index (χ3v) is 3.12. The number of hydrogen-bond acceptors (Lipinski definition) is 4. The lowest BCUT2D eigenvalue weighted by molar-refractivity contribution is -0.140. The van der Waals surface area contributed by atoms with Gasteiger partial charge in [-0.1, -0.05) is 0 Å². The predicted octanol–water partition coefficient (Wildman–Crippen LogP) is 0.610. The number of esters is 1. The summed E-state index contributed by atoms with van der Waals surface area (Å²) in [6.07, 6.45) is 3.84. The Bertz CT molecular complexity index is 189. The first-order chi connectivity index (χ1) is 7.26. The highest BCUT2D eigenvalue weighted by Gasteiger charge is 2.17. The van der Waals surface area contributed by atoms with E-state index in [2.05, 4.69) is 9.64 Å². The maximum Gasteiger partial charge on any atom is 0.305 e. The van der Waals surface area contributed by atoms with Gasteiger partial charge in [0.15, 0.2) is 0 Å². The molecule has 0 aromatic heterocycles. The smallest absolute Gasteiger partial charge is 0.305 e. The van der Waals surface area contributed by atoms with Crippen LogP contribution in [0.5, 0.6) is 0 Å². The van der Waals surface area contributed by atoms with E-state index in [0.717, 1.165) is 32.6 Å². The van der Waals surface area contributed by atoms with Crippen LogP contribution in [-0.2, 0) is 9.53 Å². The van der Waals surface area contributed by atoms with Crippen molar-refractivity contribution in [1.29, 1.82) is 0 Å². The molecule has 4 nitrogen and oxygen atoms in total. The summed E-state index contributed by atoms with van der Waals surface area (Å²) in [5.74, 6) is 0.605. The Hall–Kier alpha value is -0.610. The number of nitrogens with two attached hydrogens (primary N) is 1. The fourth-order valence-electron chi connectivity index (χ4n) is 1.99. The Morgan fingerprint density at radius 3 is 2.67 bits per heavy atom. The Morgan fingerprint density at radius 2 is 2.13 bits per heavy atom. The second-order valence-corrected chi connectivity index (χ2v) is 4.20. The molecule has 2 N–H and O–H groups in total. The lowest BCUT2D eigenvalue weighted by Gasteiger charge is -2.31. The quantitative estimate of drug-likeness (QED) is 0.681. The van der Waals surface area contributed by atoms with Crippen molar-refractivity contribution in [3.63, 3.8) is 0 Å². The minimum atomic E-state index is -0.105. The van der Waals surface area contributed by atoms with E-state index in [-0.39, 0.29) is 5.97 Å². The Kier molecular flexibility index (Phi) is 5.65. The van der Waals surface area contributed by atoms with Gasteiger partial charge in [-0.3, -0.25) is 4.79 Å². The average molecular weight is 214 g/mol. The largest absolute Gasteiger partial charge is 0.469 e. The van der Waals surface area contributed by atoms with Crippen LogP contribution in [0, 0.1) is 5.92 Å². The first-order valence-electron chi connectivity index (χ1n) is 5.75. The van der Waals surface area contributed by atoms with Crippen LogP contribution in [0.15, 0.2) is 0 Å². The zero-order chi connectivity index (χ0) is 11.1. The lowest BCUT2D eigenvalue weighted by atomic mass is 9.97. The fourth-order valence-corrected chi connectivity index (χ4v) is 1.99. The molecular weight excluding hydrogens is 192 g/mol. The Morgan fingerprint density at radius 1 is 1.47 bits per heavy atom. The highest BCUT2D eigenvalue weighted by Crippen LogP contribution is 2.15. The minimum absolute atomic E-state index is 0.105. The standard InChI is InChI=1S/C11H22N2O2/c1-15-11(14)3-2-6-13-7-4-10(9-12)5-8-13/h10H,2-9,12H2,1H3. The van der Waals surface area contributed by atoms with Crippen LogP contribution in [0.25, 0.3) is 0 Å². The number of methoxy groups -OCH3 is 1. The van der Waals surface area contributed by atoms with E-state index in [9.17, 15) is 4.79 Å². The van der Waals surface area contributed by atoms with Gasteiger partial charge in [-0.15, -0.1) is 0 Å². The third-order valence-electron chi connectivity index (χ3n) is 3.12. The summed E-state index contributed by atoms with van der Waals surface area (Å²) in [6, 6.07) is 0. The molecule has 0 radical (unpaired) electrons. The minimum Gasteiger partial charge on any atom is -0.469 e. The van der Waals surface area contributed by atoms with Gasteiger partial charge in [0.1, 0.15) is 0 Å². The summed E-state index contributed by atoms with van der Waals surface area (Å²) < 4.78 is 4.60. The van der Waals surface area contributed by atoms with E-state index < -0.39 is 0 Å². The molecule has 0 aliphatic carbocycles. The van der Waals surface area contributed by atoms with Gasteiger partial charge in [-0.2, -0.15) is 0 Å².